The Labute approximate surface area is 163 Å². The van der Waals surface area contributed by atoms with E-state index in [1.807, 2.05) is 6.07 Å². The van der Waals surface area contributed by atoms with Crippen LogP contribution >= 0.6 is 11.8 Å². The van der Waals surface area contributed by atoms with Gasteiger partial charge in [0.2, 0.25) is 0 Å². The van der Waals surface area contributed by atoms with Crippen LogP contribution in [0.4, 0.5) is 8.78 Å². The highest BCUT2D eigenvalue weighted by atomic mass is 32.2. The van der Waals surface area contributed by atoms with Gasteiger partial charge in [-0.3, -0.25) is 9.36 Å². The summed E-state index contributed by atoms with van der Waals surface area (Å²) in [6.07, 6.45) is 0.631. The van der Waals surface area contributed by atoms with Crippen molar-refractivity contribution in [3.8, 4) is 17.8 Å². The Hall–Kier alpha value is -3.23. The van der Waals surface area contributed by atoms with Gasteiger partial charge in [0.1, 0.15) is 11.6 Å². The third kappa shape index (κ3) is 4.03. The smallest absolute Gasteiger partial charge is 0.266 e. The van der Waals surface area contributed by atoms with E-state index in [1.165, 1.54) is 6.07 Å². The lowest BCUT2D eigenvalue weighted by Gasteiger charge is -2.15. The van der Waals surface area contributed by atoms with Crippen molar-refractivity contribution in [2.24, 2.45) is 5.92 Å². The molecule has 0 radical (unpaired) electrons. The van der Waals surface area contributed by atoms with Crippen LogP contribution in [0, 0.1) is 40.2 Å². The van der Waals surface area contributed by atoms with Crippen LogP contribution < -0.4 is 5.56 Å². The lowest BCUT2D eigenvalue weighted by molar-refractivity contribution is 0.572. The first-order valence-corrected chi connectivity index (χ1v) is 9.40. The van der Waals surface area contributed by atoms with Crippen LogP contribution in [0.15, 0.2) is 52.4 Å². The first-order chi connectivity index (χ1) is 13.5. The summed E-state index contributed by atoms with van der Waals surface area (Å²) in [5.41, 5.74) is -0.152. The Morgan fingerprint density at radius 1 is 1.18 bits per heavy atom. The molecule has 1 atom stereocenters. The Kier molecular flexibility index (Phi) is 6.03. The minimum absolute atomic E-state index is 0.113. The molecule has 0 amide bonds. The van der Waals surface area contributed by atoms with E-state index in [-0.39, 0.29) is 23.0 Å². The first kappa shape index (κ1) is 19.5. The molecule has 0 N–H and O–H groups in total. The third-order valence-corrected chi connectivity index (χ3v) is 5.20. The van der Waals surface area contributed by atoms with Crippen LogP contribution in [0.5, 0.6) is 0 Å². The van der Waals surface area contributed by atoms with Gasteiger partial charge in [-0.25, -0.2) is 13.8 Å². The Bertz CT molecular complexity index is 1160. The molecule has 0 aliphatic heterocycles. The topological polar surface area (TPSA) is 82.5 Å². The molecule has 1 aromatic heterocycles. The maximum absolute atomic E-state index is 14.4. The van der Waals surface area contributed by atoms with Gasteiger partial charge in [-0.2, -0.15) is 10.5 Å². The van der Waals surface area contributed by atoms with Gasteiger partial charge in [-0.15, -0.1) is 0 Å². The van der Waals surface area contributed by atoms with E-state index in [2.05, 4.69) is 11.1 Å². The average molecular weight is 396 g/mol. The monoisotopic (exact) mass is 396 g/mol. The number of benzene rings is 2. The van der Waals surface area contributed by atoms with Crippen molar-refractivity contribution in [3.05, 3.63) is 64.5 Å². The number of nitriles is 2. The van der Waals surface area contributed by atoms with E-state index in [9.17, 15) is 18.8 Å². The van der Waals surface area contributed by atoms with Crippen LogP contribution in [-0.2, 0) is 0 Å². The van der Waals surface area contributed by atoms with E-state index in [0.29, 0.717) is 23.4 Å². The number of halogens is 2. The molecule has 28 heavy (non-hydrogen) atoms. The van der Waals surface area contributed by atoms with Crippen LogP contribution in [0.1, 0.15) is 12.8 Å². The van der Waals surface area contributed by atoms with E-state index in [1.54, 1.807) is 24.3 Å². The van der Waals surface area contributed by atoms with Crippen molar-refractivity contribution < 1.29 is 8.78 Å². The number of hydrogen-bond acceptors (Lipinski definition) is 5. The summed E-state index contributed by atoms with van der Waals surface area (Å²) in [5.74, 6) is -1.77. The molecule has 8 heteroatoms. The quantitative estimate of drug-likeness (QED) is 0.461. The minimum Gasteiger partial charge on any atom is -0.268 e. The predicted octanol–water partition coefficient (Wildman–Crippen LogP) is 4.20. The molecule has 5 nitrogen and oxygen atoms in total. The van der Waals surface area contributed by atoms with Crippen molar-refractivity contribution in [3.63, 3.8) is 0 Å². The molecule has 140 valence electrons. The largest absolute Gasteiger partial charge is 0.268 e. The lowest BCUT2D eigenvalue weighted by Crippen LogP contribution is -2.23. The fourth-order valence-electron chi connectivity index (χ4n) is 2.68. The molecule has 0 spiro atoms. The number of para-hydroxylation sites is 1. The van der Waals surface area contributed by atoms with E-state index >= 15 is 0 Å². The van der Waals surface area contributed by atoms with E-state index in [4.69, 9.17) is 5.26 Å². The highest BCUT2D eigenvalue weighted by molar-refractivity contribution is 7.99. The van der Waals surface area contributed by atoms with Gasteiger partial charge in [0.15, 0.2) is 5.16 Å². The zero-order valence-electron chi connectivity index (χ0n) is 14.6. The van der Waals surface area contributed by atoms with Crippen molar-refractivity contribution in [2.45, 2.75) is 18.0 Å². The number of thioether (sulfide) groups is 1. The molecule has 0 saturated heterocycles. The van der Waals surface area contributed by atoms with Gasteiger partial charge in [0.25, 0.3) is 5.56 Å². The van der Waals surface area contributed by atoms with Gasteiger partial charge in [0.05, 0.1) is 34.6 Å². The molecule has 0 bridgehead atoms. The van der Waals surface area contributed by atoms with Crippen LogP contribution in [0.3, 0.4) is 0 Å². The molecular weight excluding hydrogens is 382 g/mol. The minimum atomic E-state index is -0.887. The highest BCUT2D eigenvalue weighted by Crippen LogP contribution is 2.25. The van der Waals surface area contributed by atoms with Crippen molar-refractivity contribution in [2.75, 3.05) is 5.75 Å². The second-order valence-electron chi connectivity index (χ2n) is 5.98. The molecule has 0 unspecified atom stereocenters. The zero-order chi connectivity index (χ0) is 20.1. The molecule has 3 rings (SSSR count). The first-order valence-electron chi connectivity index (χ1n) is 8.41. The van der Waals surface area contributed by atoms with Crippen LogP contribution in [0.25, 0.3) is 16.6 Å². The van der Waals surface area contributed by atoms with Gasteiger partial charge in [-0.05, 0) is 30.7 Å². The van der Waals surface area contributed by atoms with Gasteiger partial charge >= 0.3 is 0 Å². The summed E-state index contributed by atoms with van der Waals surface area (Å²) < 4.78 is 28.8. The molecule has 0 aliphatic rings. The van der Waals surface area contributed by atoms with E-state index in [0.717, 1.165) is 22.4 Å². The molecule has 0 saturated carbocycles. The maximum atomic E-state index is 14.4. The standard InChI is InChI=1S/C20H14F2N4OS/c21-14-7-8-18(16(22)10-14)26-19(27)15-5-1-2-6-17(15)25-20(26)28-12-13(11-24)4-3-9-23/h1-2,5-8,10,13H,3-4,12H2/t13-/m0/s1. The fraction of sp³-hybridized carbons (Fsp3) is 0.200. The zero-order valence-corrected chi connectivity index (χ0v) is 15.4. The molecule has 3 aromatic rings. The number of nitrogens with zero attached hydrogens (tertiary/aromatic N) is 4. The molecule has 1 heterocycles. The molecule has 2 aromatic carbocycles. The normalized spacial score (nSPS) is 11.7. The Morgan fingerprint density at radius 3 is 2.68 bits per heavy atom. The average Bonchev–Trinajstić information content (AvgIpc) is 2.69. The predicted molar refractivity (Wildman–Crippen MR) is 102 cm³/mol. The number of hydrogen-bond donors (Lipinski definition) is 0. The summed E-state index contributed by atoms with van der Waals surface area (Å²) in [5, 5.41) is 18.5. The molecule has 0 aliphatic carbocycles. The lowest BCUT2D eigenvalue weighted by atomic mass is 10.1. The summed E-state index contributed by atoms with van der Waals surface area (Å²) in [6.45, 7) is 0. The Balaban J connectivity index is 2.11. The van der Waals surface area contributed by atoms with Gasteiger partial charge in [-0.1, -0.05) is 23.9 Å². The van der Waals surface area contributed by atoms with Crippen LogP contribution in [-0.4, -0.2) is 15.3 Å². The summed E-state index contributed by atoms with van der Waals surface area (Å²) in [7, 11) is 0. The van der Waals surface area contributed by atoms with Crippen molar-refractivity contribution >= 4 is 22.7 Å². The second-order valence-corrected chi connectivity index (χ2v) is 6.97. The number of rotatable bonds is 6. The Morgan fingerprint density at radius 2 is 1.96 bits per heavy atom. The molecular formula is C20H14F2N4OS. The summed E-state index contributed by atoms with van der Waals surface area (Å²) >= 11 is 1.13. The maximum Gasteiger partial charge on any atom is 0.266 e. The summed E-state index contributed by atoms with van der Waals surface area (Å²) in [4.78, 5) is 17.5. The van der Waals surface area contributed by atoms with Crippen LogP contribution in [0.2, 0.25) is 0 Å². The molecule has 0 fully saturated rings. The number of aromatic nitrogens is 2. The van der Waals surface area contributed by atoms with E-state index < -0.39 is 23.1 Å². The summed E-state index contributed by atoms with van der Waals surface area (Å²) in [6, 6.07) is 13.7. The SMILES string of the molecule is N#CCC[C@@H](C#N)CSc1nc2ccccc2c(=O)n1-c1ccc(F)cc1F. The van der Waals surface area contributed by atoms with Crippen molar-refractivity contribution in [1.29, 1.82) is 10.5 Å². The fourth-order valence-corrected chi connectivity index (χ4v) is 3.75. The third-order valence-electron chi connectivity index (χ3n) is 4.10. The van der Waals surface area contributed by atoms with Gasteiger partial charge in [0, 0.05) is 18.2 Å². The highest BCUT2D eigenvalue weighted by Gasteiger charge is 2.18. The van der Waals surface area contributed by atoms with Gasteiger partial charge < -0.3 is 0 Å². The second kappa shape index (κ2) is 8.64. The number of fused-ring (bicyclic) bond motifs is 1. The van der Waals surface area contributed by atoms with Crippen molar-refractivity contribution in [1.82, 2.24) is 9.55 Å².